The van der Waals surface area contributed by atoms with Gasteiger partial charge in [0.2, 0.25) is 0 Å². The van der Waals surface area contributed by atoms with Crippen molar-refractivity contribution in [3.05, 3.63) is 35.0 Å². The van der Waals surface area contributed by atoms with Crippen LogP contribution in [0, 0.1) is 10.7 Å². The second-order valence-electron chi connectivity index (χ2n) is 3.27. The molecule has 90 valence electrons. The molecule has 3 nitrogen and oxygen atoms in total. The highest BCUT2D eigenvalue weighted by atomic mass is 127. The van der Waals surface area contributed by atoms with E-state index in [0.717, 1.165) is 12.5 Å². The maximum atomic E-state index is 11.4. The third-order valence-corrected chi connectivity index (χ3v) is 8.88. The van der Waals surface area contributed by atoms with Crippen LogP contribution in [-0.4, -0.2) is 13.0 Å². The van der Waals surface area contributed by atoms with Crippen molar-refractivity contribution in [1.82, 2.24) is 0 Å². The SMILES string of the molecule is O=S(=O)([O-])c1c(I)c(I)c(I)c2ccccc12. The summed E-state index contributed by atoms with van der Waals surface area (Å²) < 4.78 is 36.4. The van der Waals surface area contributed by atoms with Crippen molar-refractivity contribution in [3.8, 4) is 0 Å². The maximum absolute atomic E-state index is 11.4. The summed E-state index contributed by atoms with van der Waals surface area (Å²) in [6, 6.07) is 7.05. The van der Waals surface area contributed by atoms with E-state index in [1.165, 1.54) is 0 Å². The molecule has 0 aliphatic carbocycles. The monoisotopic (exact) mass is 585 g/mol. The highest BCUT2D eigenvalue weighted by Gasteiger charge is 2.18. The van der Waals surface area contributed by atoms with Crippen LogP contribution in [0.4, 0.5) is 0 Å². The average Bonchev–Trinajstić information content (AvgIpc) is 2.24. The third-order valence-electron chi connectivity index (χ3n) is 2.24. The number of benzene rings is 2. The first-order chi connectivity index (χ1) is 7.84. The van der Waals surface area contributed by atoms with Gasteiger partial charge < -0.3 is 4.55 Å². The molecule has 0 aliphatic heterocycles. The highest BCUT2D eigenvalue weighted by molar-refractivity contribution is 14.1. The zero-order chi connectivity index (χ0) is 12.8. The number of hydrogen-bond donors (Lipinski definition) is 0. The van der Waals surface area contributed by atoms with Gasteiger partial charge in [0.15, 0.2) is 0 Å². The van der Waals surface area contributed by atoms with Gasteiger partial charge >= 0.3 is 0 Å². The van der Waals surface area contributed by atoms with Crippen molar-refractivity contribution in [3.63, 3.8) is 0 Å². The molecule has 2 aromatic carbocycles. The van der Waals surface area contributed by atoms with Crippen molar-refractivity contribution in [2.24, 2.45) is 0 Å². The van der Waals surface area contributed by atoms with Gasteiger partial charge in [-0.25, -0.2) is 8.42 Å². The van der Waals surface area contributed by atoms with Crippen LogP contribution in [0.3, 0.4) is 0 Å². The number of halogens is 3. The minimum Gasteiger partial charge on any atom is -0.744 e. The summed E-state index contributed by atoms with van der Waals surface area (Å²) in [5.41, 5.74) is 0. The number of hydrogen-bond acceptors (Lipinski definition) is 3. The predicted octanol–water partition coefficient (Wildman–Crippen LogP) is 3.56. The van der Waals surface area contributed by atoms with Crippen LogP contribution >= 0.6 is 67.8 Å². The van der Waals surface area contributed by atoms with E-state index >= 15 is 0 Å². The van der Waals surface area contributed by atoms with E-state index in [0.29, 0.717) is 8.96 Å². The zero-order valence-electron chi connectivity index (χ0n) is 8.08. The molecule has 0 unspecified atom stereocenters. The van der Waals surface area contributed by atoms with Gasteiger partial charge in [-0.15, -0.1) is 0 Å². The second kappa shape index (κ2) is 5.06. The van der Waals surface area contributed by atoms with Crippen molar-refractivity contribution >= 4 is 88.7 Å². The van der Waals surface area contributed by atoms with Crippen molar-refractivity contribution < 1.29 is 13.0 Å². The summed E-state index contributed by atoms with van der Waals surface area (Å²) in [5.74, 6) is 0. The molecule has 0 aliphatic rings. The van der Waals surface area contributed by atoms with E-state index < -0.39 is 10.1 Å². The van der Waals surface area contributed by atoms with E-state index in [2.05, 4.69) is 45.2 Å². The summed E-state index contributed by atoms with van der Waals surface area (Å²) in [5, 5.41) is 1.30. The Morgan fingerprint density at radius 2 is 1.41 bits per heavy atom. The van der Waals surface area contributed by atoms with Gasteiger partial charge in [-0.3, -0.25) is 0 Å². The number of fused-ring (bicyclic) bond motifs is 1. The lowest BCUT2D eigenvalue weighted by Gasteiger charge is -2.16. The quantitative estimate of drug-likeness (QED) is 0.293. The minimum atomic E-state index is -4.46. The molecule has 0 bridgehead atoms. The Balaban J connectivity index is 3.12. The molecular formula is C10H4I3O3S-. The molecule has 0 aromatic heterocycles. The Morgan fingerprint density at radius 1 is 0.882 bits per heavy atom. The van der Waals surface area contributed by atoms with Crippen molar-refractivity contribution in [2.45, 2.75) is 4.90 Å². The van der Waals surface area contributed by atoms with Crippen LogP contribution in [0.1, 0.15) is 0 Å². The fourth-order valence-corrected chi connectivity index (χ4v) is 5.69. The molecule has 0 heterocycles. The van der Waals surface area contributed by atoms with Crippen molar-refractivity contribution in [2.75, 3.05) is 0 Å². The smallest absolute Gasteiger partial charge is 0.126 e. The van der Waals surface area contributed by atoms with E-state index in [-0.39, 0.29) is 4.90 Å². The molecule has 2 rings (SSSR count). The Labute approximate surface area is 140 Å². The Kier molecular flexibility index (Phi) is 4.23. The molecule has 0 spiro atoms. The minimum absolute atomic E-state index is 0.112. The van der Waals surface area contributed by atoms with E-state index in [1.807, 2.05) is 34.7 Å². The first kappa shape index (κ1) is 14.2. The van der Waals surface area contributed by atoms with Gasteiger partial charge in [-0.1, -0.05) is 24.3 Å². The summed E-state index contributed by atoms with van der Waals surface area (Å²) in [6.45, 7) is 0. The largest absolute Gasteiger partial charge is 0.744 e. The lowest BCUT2D eigenvalue weighted by atomic mass is 10.1. The lowest BCUT2D eigenvalue weighted by Crippen LogP contribution is -2.05. The summed E-state index contributed by atoms with van der Waals surface area (Å²) in [6.07, 6.45) is 0. The average molecular weight is 585 g/mol. The van der Waals surface area contributed by atoms with Gasteiger partial charge in [-0.05, 0) is 73.2 Å². The van der Waals surface area contributed by atoms with Crippen LogP contribution in [0.5, 0.6) is 0 Å². The maximum Gasteiger partial charge on any atom is 0.126 e. The van der Waals surface area contributed by atoms with Gasteiger partial charge in [-0.2, -0.15) is 0 Å². The van der Waals surface area contributed by atoms with Crippen LogP contribution < -0.4 is 0 Å². The van der Waals surface area contributed by atoms with Gasteiger partial charge in [0.1, 0.15) is 10.1 Å². The van der Waals surface area contributed by atoms with Gasteiger partial charge in [0.25, 0.3) is 0 Å². The van der Waals surface area contributed by atoms with Crippen LogP contribution in [0.2, 0.25) is 0 Å². The molecule has 0 amide bonds. The van der Waals surface area contributed by atoms with E-state index in [1.54, 1.807) is 12.1 Å². The van der Waals surface area contributed by atoms with Crippen molar-refractivity contribution in [1.29, 1.82) is 0 Å². The fourth-order valence-electron chi connectivity index (χ4n) is 1.55. The van der Waals surface area contributed by atoms with Crippen LogP contribution in [0.15, 0.2) is 29.2 Å². The predicted molar refractivity (Wildman–Crippen MR) is 90.1 cm³/mol. The summed E-state index contributed by atoms with van der Waals surface area (Å²) in [4.78, 5) is -0.112. The van der Waals surface area contributed by atoms with E-state index in [4.69, 9.17) is 0 Å². The highest BCUT2D eigenvalue weighted by Crippen LogP contribution is 2.35. The second-order valence-corrected chi connectivity index (χ2v) is 7.82. The first-order valence-corrected chi connectivity index (χ1v) is 8.99. The van der Waals surface area contributed by atoms with Crippen LogP contribution in [-0.2, 0) is 10.1 Å². The van der Waals surface area contributed by atoms with E-state index in [9.17, 15) is 13.0 Å². The normalized spacial score (nSPS) is 12.0. The summed E-state index contributed by atoms with van der Waals surface area (Å²) >= 11 is 6.14. The Bertz CT molecular complexity index is 710. The zero-order valence-corrected chi connectivity index (χ0v) is 15.4. The number of rotatable bonds is 1. The van der Waals surface area contributed by atoms with Gasteiger partial charge in [0, 0.05) is 16.1 Å². The van der Waals surface area contributed by atoms with Gasteiger partial charge in [0.05, 0.1) is 4.90 Å². The topological polar surface area (TPSA) is 57.2 Å². The fraction of sp³-hybridized carbons (Fsp3) is 0. The molecule has 0 radical (unpaired) electrons. The molecule has 2 aromatic rings. The first-order valence-electron chi connectivity index (χ1n) is 4.35. The Hall–Kier alpha value is 0.800. The molecule has 0 fully saturated rings. The molecule has 0 saturated heterocycles. The van der Waals surface area contributed by atoms with Crippen LogP contribution in [0.25, 0.3) is 10.8 Å². The third kappa shape index (κ3) is 2.58. The molecule has 0 saturated carbocycles. The molecule has 0 N–H and O–H groups in total. The molecule has 17 heavy (non-hydrogen) atoms. The molecule has 0 atom stereocenters. The summed E-state index contributed by atoms with van der Waals surface area (Å²) in [7, 11) is -4.46. The Morgan fingerprint density at radius 3 is 1.94 bits per heavy atom. The molecule has 7 heteroatoms. The molecular weight excluding hydrogens is 581 g/mol. The lowest BCUT2D eigenvalue weighted by molar-refractivity contribution is 0.463. The standard InChI is InChI=1S/C10H5I3O3S/c11-7-5-3-1-2-4-6(5)10(17(14,15)16)9(13)8(7)12/h1-4H,(H,14,15,16)/p-1.